The molecule has 0 bridgehead atoms. The number of benzene rings is 2. The Balaban J connectivity index is 1.55. The van der Waals surface area contributed by atoms with Crippen molar-refractivity contribution in [1.82, 2.24) is 4.90 Å². The first-order valence-corrected chi connectivity index (χ1v) is 12.6. The van der Waals surface area contributed by atoms with E-state index in [2.05, 4.69) is 5.32 Å². The molecule has 39 heavy (non-hydrogen) atoms. The van der Waals surface area contributed by atoms with Crippen LogP contribution in [0.4, 0.5) is 10.1 Å². The number of likely N-dealkylation sites (N-methyl/N-ethyl adjacent to an activating group) is 1. The fourth-order valence-corrected chi connectivity index (χ4v) is 6.59. The van der Waals surface area contributed by atoms with Crippen molar-refractivity contribution in [2.24, 2.45) is 29.4 Å². The van der Waals surface area contributed by atoms with Gasteiger partial charge in [-0.1, -0.05) is 18.2 Å². The standard InChI is InChI=1S/C28H28FN3O7/c1-32(2)22-16-9-12-8-15-19(17(33)10-13(21(15)29)11-31-14-6-4-3-5-7-14)23(34)18(12)25(36)28(16,39)26(37)20(24(22)35)27(30)38/h3-7,10,12,16,18,20,22,31,33,39H,8-9,11H2,1-2H3,(H2,30,38). The van der Waals surface area contributed by atoms with Crippen LogP contribution >= 0.6 is 0 Å². The number of nitrogens with two attached hydrogens (primary N) is 1. The van der Waals surface area contributed by atoms with Crippen molar-refractivity contribution in [2.75, 3.05) is 19.4 Å². The molecule has 5 N–H and O–H groups in total. The highest BCUT2D eigenvalue weighted by Gasteiger charge is 2.69. The van der Waals surface area contributed by atoms with E-state index in [1.54, 1.807) is 24.3 Å². The highest BCUT2D eigenvalue weighted by molar-refractivity contribution is 6.32. The van der Waals surface area contributed by atoms with E-state index in [-0.39, 0.29) is 36.1 Å². The Morgan fingerprint density at radius 3 is 2.44 bits per heavy atom. The summed E-state index contributed by atoms with van der Waals surface area (Å²) >= 11 is 0. The maximum atomic E-state index is 15.7. The molecule has 0 spiro atoms. The number of hydrogen-bond acceptors (Lipinski definition) is 9. The summed E-state index contributed by atoms with van der Waals surface area (Å²) in [5.74, 6) is -12.5. The molecular weight excluding hydrogens is 509 g/mol. The van der Waals surface area contributed by atoms with E-state index in [1.165, 1.54) is 19.0 Å². The van der Waals surface area contributed by atoms with Crippen molar-refractivity contribution in [3.63, 3.8) is 0 Å². The molecule has 0 radical (unpaired) electrons. The largest absolute Gasteiger partial charge is 0.507 e. The number of rotatable bonds is 5. The van der Waals surface area contributed by atoms with E-state index in [0.717, 1.165) is 11.8 Å². The second-order valence-electron chi connectivity index (χ2n) is 10.7. The molecule has 2 saturated carbocycles. The summed E-state index contributed by atoms with van der Waals surface area (Å²) < 4.78 is 15.7. The van der Waals surface area contributed by atoms with Gasteiger partial charge in [-0.3, -0.25) is 28.9 Å². The summed E-state index contributed by atoms with van der Waals surface area (Å²) in [7, 11) is 3.00. The average Bonchev–Trinajstić information content (AvgIpc) is 2.87. The van der Waals surface area contributed by atoms with Crippen LogP contribution in [0.2, 0.25) is 0 Å². The molecule has 2 fully saturated rings. The third-order valence-corrected chi connectivity index (χ3v) is 8.33. The molecule has 0 aromatic heterocycles. The van der Waals surface area contributed by atoms with Crippen LogP contribution in [0.15, 0.2) is 36.4 Å². The van der Waals surface area contributed by atoms with Gasteiger partial charge in [-0.15, -0.1) is 0 Å². The lowest BCUT2D eigenvalue weighted by molar-refractivity contribution is -0.181. The zero-order valence-electron chi connectivity index (χ0n) is 21.3. The maximum Gasteiger partial charge on any atom is 0.235 e. The first-order chi connectivity index (χ1) is 18.4. The molecular formula is C28H28FN3O7. The van der Waals surface area contributed by atoms with Crippen molar-refractivity contribution >= 4 is 34.7 Å². The molecule has 11 heteroatoms. The Morgan fingerprint density at radius 2 is 1.82 bits per heavy atom. The van der Waals surface area contributed by atoms with Gasteiger partial charge in [0.05, 0.1) is 17.5 Å². The van der Waals surface area contributed by atoms with Crippen LogP contribution in [-0.4, -0.2) is 69.9 Å². The quantitative estimate of drug-likeness (QED) is 0.400. The van der Waals surface area contributed by atoms with Crippen LogP contribution in [-0.2, 0) is 32.1 Å². The number of nitrogens with one attached hydrogen (secondary N) is 1. The normalized spacial score (nSPS) is 30.0. The van der Waals surface area contributed by atoms with Crippen molar-refractivity contribution < 1.29 is 38.6 Å². The van der Waals surface area contributed by atoms with Crippen molar-refractivity contribution in [2.45, 2.75) is 31.0 Å². The van der Waals surface area contributed by atoms with Gasteiger partial charge in [-0.25, -0.2) is 4.39 Å². The fourth-order valence-electron chi connectivity index (χ4n) is 6.59. The van der Waals surface area contributed by atoms with Gasteiger partial charge in [-0.2, -0.15) is 0 Å². The number of ketones is 4. The van der Waals surface area contributed by atoms with E-state index >= 15 is 4.39 Å². The summed E-state index contributed by atoms with van der Waals surface area (Å²) in [5, 5.41) is 25.4. The first kappa shape index (κ1) is 26.6. The Labute approximate surface area is 223 Å². The molecule has 0 saturated heterocycles. The van der Waals surface area contributed by atoms with Gasteiger partial charge in [0.15, 0.2) is 34.7 Å². The number of carbonyl (C=O) groups excluding carboxylic acids is 5. The number of phenols is 1. The van der Waals surface area contributed by atoms with E-state index in [9.17, 15) is 34.2 Å². The SMILES string of the molecule is CN(C)C1C(=O)C(C(N)=O)C(=O)C2(O)C(=O)C3C(=O)c4c(O)cc(CNc5ccccc5)c(F)c4CC3CC12. The second-order valence-corrected chi connectivity index (χ2v) is 10.7. The molecule has 0 heterocycles. The van der Waals surface area contributed by atoms with Crippen molar-refractivity contribution in [3.8, 4) is 5.75 Å². The highest BCUT2D eigenvalue weighted by Crippen LogP contribution is 2.51. The third-order valence-electron chi connectivity index (χ3n) is 8.33. The molecule has 3 aliphatic carbocycles. The average molecular weight is 538 g/mol. The molecule has 2 aromatic carbocycles. The monoisotopic (exact) mass is 537 g/mol. The first-order valence-electron chi connectivity index (χ1n) is 12.6. The Kier molecular flexibility index (Phi) is 6.39. The minimum absolute atomic E-state index is 0.0144. The molecule has 204 valence electrons. The van der Waals surface area contributed by atoms with Crippen molar-refractivity contribution in [3.05, 3.63) is 58.9 Å². The minimum Gasteiger partial charge on any atom is -0.507 e. The van der Waals surface area contributed by atoms with Crippen LogP contribution in [0.5, 0.6) is 5.75 Å². The molecule has 6 atom stereocenters. The van der Waals surface area contributed by atoms with E-state index in [0.29, 0.717) is 0 Å². The Hall–Kier alpha value is -3.96. The third kappa shape index (κ3) is 3.87. The van der Waals surface area contributed by atoms with Gasteiger partial charge in [0.2, 0.25) is 5.91 Å². The van der Waals surface area contributed by atoms with Crippen molar-refractivity contribution in [1.29, 1.82) is 0 Å². The molecule has 3 aliphatic rings. The summed E-state index contributed by atoms with van der Waals surface area (Å²) in [6.45, 7) is 0.0144. The van der Waals surface area contributed by atoms with Gasteiger partial charge in [0.25, 0.3) is 0 Å². The molecule has 6 unspecified atom stereocenters. The lowest BCUT2D eigenvalue weighted by Gasteiger charge is -2.52. The minimum atomic E-state index is -2.81. The number of aromatic hydroxyl groups is 1. The maximum absolute atomic E-state index is 15.7. The number of Topliss-reactive ketones (excluding diaryl/α,β-unsaturated/α-hetero) is 4. The number of anilines is 1. The zero-order chi connectivity index (χ0) is 28.4. The molecule has 2 aromatic rings. The summed E-state index contributed by atoms with van der Waals surface area (Å²) in [6.07, 6.45) is -0.277. The summed E-state index contributed by atoms with van der Waals surface area (Å²) in [5.41, 5.74) is 2.88. The molecule has 1 amide bonds. The molecule has 5 rings (SSSR count). The number of carbonyl (C=O) groups is 5. The number of para-hydroxylation sites is 1. The number of halogens is 1. The van der Waals surface area contributed by atoms with Gasteiger partial charge in [0.1, 0.15) is 11.6 Å². The number of primary amides is 1. The smallest absolute Gasteiger partial charge is 0.235 e. The summed E-state index contributed by atoms with van der Waals surface area (Å²) in [4.78, 5) is 67.1. The predicted octanol–water partition coefficient (Wildman–Crippen LogP) is 0.618. The Morgan fingerprint density at radius 1 is 1.15 bits per heavy atom. The number of hydrogen-bond donors (Lipinski definition) is 4. The fraction of sp³-hybridized carbons (Fsp3) is 0.393. The van der Waals surface area contributed by atoms with Crippen LogP contribution in [0.25, 0.3) is 0 Å². The topological polar surface area (TPSA) is 167 Å². The van der Waals surface area contributed by atoms with Crippen LogP contribution in [0.1, 0.15) is 27.9 Å². The van der Waals surface area contributed by atoms with Crippen LogP contribution in [0, 0.1) is 29.5 Å². The van der Waals surface area contributed by atoms with E-state index < -0.39 is 75.9 Å². The highest BCUT2D eigenvalue weighted by atomic mass is 19.1. The second kappa shape index (κ2) is 9.35. The zero-order valence-corrected chi connectivity index (χ0v) is 21.3. The number of nitrogens with zero attached hydrogens (tertiary/aromatic N) is 1. The lowest BCUT2D eigenvalue weighted by Crippen LogP contribution is -2.74. The molecule has 10 nitrogen and oxygen atoms in total. The van der Waals surface area contributed by atoms with Crippen LogP contribution in [0.3, 0.4) is 0 Å². The predicted molar refractivity (Wildman–Crippen MR) is 135 cm³/mol. The number of phenolic OH excluding ortho intramolecular Hbond substituents is 1. The van der Waals surface area contributed by atoms with E-state index in [1.807, 2.05) is 6.07 Å². The Bertz CT molecular complexity index is 1430. The molecule has 0 aliphatic heterocycles. The van der Waals surface area contributed by atoms with Gasteiger partial charge >= 0.3 is 0 Å². The van der Waals surface area contributed by atoms with Crippen LogP contribution < -0.4 is 11.1 Å². The van der Waals surface area contributed by atoms with Gasteiger partial charge < -0.3 is 21.3 Å². The number of amides is 1. The van der Waals surface area contributed by atoms with Gasteiger partial charge in [-0.05, 0) is 51.1 Å². The number of aliphatic hydroxyl groups is 1. The number of fused-ring (bicyclic) bond motifs is 3. The lowest BCUT2D eigenvalue weighted by atomic mass is 9.52. The van der Waals surface area contributed by atoms with E-state index in [4.69, 9.17) is 5.73 Å². The summed E-state index contributed by atoms with van der Waals surface area (Å²) in [6, 6.07) is 8.90. The van der Waals surface area contributed by atoms with Gasteiger partial charge in [0, 0.05) is 29.3 Å².